The third kappa shape index (κ3) is 3.06. The van der Waals surface area contributed by atoms with Gasteiger partial charge >= 0.3 is 0 Å². The Balaban J connectivity index is 1.83. The predicted octanol–water partition coefficient (Wildman–Crippen LogP) is 2.43. The van der Waals surface area contributed by atoms with Gasteiger partial charge in [-0.15, -0.1) is 0 Å². The van der Waals surface area contributed by atoms with Crippen LogP contribution in [0.2, 0.25) is 0 Å². The van der Waals surface area contributed by atoms with Crippen molar-refractivity contribution >= 4 is 15.9 Å². The molecule has 3 nitrogen and oxygen atoms in total. The van der Waals surface area contributed by atoms with Crippen molar-refractivity contribution in [2.45, 2.75) is 25.3 Å². The van der Waals surface area contributed by atoms with Crippen LogP contribution in [0.15, 0.2) is 21.2 Å². The van der Waals surface area contributed by atoms with Crippen LogP contribution >= 0.6 is 15.9 Å². The lowest BCUT2D eigenvalue weighted by molar-refractivity contribution is 0.409. The molecule has 0 radical (unpaired) electrons. The van der Waals surface area contributed by atoms with Crippen molar-refractivity contribution in [3.8, 4) is 0 Å². The molecule has 0 bridgehead atoms. The van der Waals surface area contributed by atoms with Crippen LogP contribution in [0.3, 0.4) is 0 Å². The number of hydrogen-bond acceptors (Lipinski definition) is 3. The predicted molar refractivity (Wildman–Crippen MR) is 63.5 cm³/mol. The molecule has 1 aromatic rings. The van der Waals surface area contributed by atoms with E-state index in [0.717, 1.165) is 22.7 Å². The molecule has 3 N–H and O–H groups in total. The third-order valence-corrected chi connectivity index (χ3v) is 3.49. The summed E-state index contributed by atoms with van der Waals surface area (Å²) in [6, 6.07) is 2.04. The van der Waals surface area contributed by atoms with Gasteiger partial charge in [0.2, 0.25) is 0 Å². The molecule has 0 saturated heterocycles. The highest BCUT2D eigenvalue weighted by atomic mass is 79.9. The Morgan fingerprint density at radius 2 is 2.40 bits per heavy atom. The average Bonchev–Trinajstić information content (AvgIpc) is 2.96. The van der Waals surface area contributed by atoms with Gasteiger partial charge in [-0.1, -0.05) is 12.8 Å². The van der Waals surface area contributed by atoms with E-state index in [9.17, 15) is 0 Å². The molecule has 84 valence electrons. The Hall–Kier alpha value is -0.320. The van der Waals surface area contributed by atoms with Gasteiger partial charge in [0.05, 0.1) is 16.8 Å². The van der Waals surface area contributed by atoms with E-state index < -0.39 is 0 Å². The summed E-state index contributed by atoms with van der Waals surface area (Å²) in [7, 11) is 0. The molecule has 1 fully saturated rings. The van der Waals surface area contributed by atoms with Crippen molar-refractivity contribution in [2.24, 2.45) is 11.7 Å². The molecule has 1 aliphatic rings. The fourth-order valence-electron chi connectivity index (χ4n) is 1.71. The minimum absolute atomic E-state index is 0.133. The third-order valence-electron chi connectivity index (χ3n) is 2.84. The van der Waals surface area contributed by atoms with Crippen molar-refractivity contribution in [3.63, 3.8) is 0 Å². The lowest BCUT2D eigenvalue weighted by Gasteiger charge is -2.14. The fourth-order valence-corrected chi connectivity index (χ4v) is 2.18. The Bertz CT molecular complexity index is 309. The summed E-state index contributed by atoms with van der Waals surface area (Å²) in [6.45, 7) is 1.59. The molecular weight excluding hydrogens is 256 g/mol. The molecule has 0 aromatic carbocycles. The van der Waals surface area contributed by atoms with E-state index in [-0.39, 0.29) is 6.04 Å². The molecule has 0 spiro atoms. The standard InChI is InChI=1S/C11H17BrN2O/c12-9-4-6-15-11(9)10(7-13)14-5-3-8-1-2-8/h4,6,8,10,14H,1-3,5,7,13H2. The second-order valence-electron chi connectivity index (χ2n) is 4.11. The van der Waals surface area contributed by atoms with Gasteiger partial charge in [0.15, 0.2) is 0 Å². The van der Waals surface area contributed by atoms with Crippen molar-refractivity contribution in [3.05, 3.63) is 22.6 Å². The number of rotatable bonds is 6. The Labute approximate surface area is 98.5 Å². The minimum atomic E-state index is 0.133. The molecule has 1 saturated carbocycles. The van der Waals surface area contributed by atoms with E-state index >= 15 is 0 Å². The maximum Gasteiger partial charge on any atom is 0.136 e. The van der Waals surface area contributed by atoms with E-state index in [0.29, 0.717) is 6.54 Å². The molecular formula is C11H17BrN2O. The molecule has 0 amide bonds. The highest BCUT2D eigenvalue weighted by molar-refractivity contribution is 9.10. The SMILES string of the molecule is NCC(NCCC1CC1)c1occc1Br. The van der Waals surface area contributed by atoms with Gasteiger partial charge in [-0.2, -0.15) is 0 Å². The average molecular weight is 273 g/mol. The summed E-state index contributed by atoms with van der Waals surface area (Å²) in [4.78, 5) is 0. The van der Waals surface area contributed by atoms with E-state index in [2.05, 4.69) is 21.2 Å². The van der Waals surface area contributed by atoms with Crippen LogP contribution in [-0.4, -0.2) is 13.1 Å². The summed E-state index contributed by atoms with van der Waals surface area (Å²) >= 11 is 3.45. The van der Waals surface area contributed by atoms with Crippen molar-refractivity contribution < 1.29 is 4.42 Å². The van der Waals surface area contributed by atoms with Crippen LogP contribution in [0.1, 0.15) is 31.1 Å². The Kier molecular flexibility index (Phi) is 3.83. The van der Waals surface area contributed by atoms with Gasteiger partial charge in [0, 0.05) is 6.54 Å². The quantitative estimate of drug-likeness (QED) is 0.837. The first-order valence-electron chi connectivity index (χ1n) is 5.47. The molecule has 1 heterocycles. The summed E-state index contributed by atoms with van der Waals surface area (Å²) < 4.78 is 6.40. The second kappa shape index (κ2) is 5.14. The van der Waals surface area contributed by atoms with Gasteiger partial charge in [0.1, 0.15) is 5.76 Å². The molecule has 1 unspecified atom stereocenters. The number of hydrogen-bond donors (Lipinski definition) is 2. The first-order chi connectivity index (χ1) is 7.31. The zero-order valence-electron chi connectivity index (χ0n) is 8.71. The topological polar surface area (TPSA) is 51.2 Å². The monoisotopic (exact) mass is 272 g/mol. The van der Waals surface area contributed by atoms with E-state index in [4.69, 9.17) is 10.2 Å². The Morgan fingerprint density at radius 3 is 2.93 bits per heavy atom. The molecule has 1 atom stereocenters. The first kappa shape index (κ1) is 11.2. The smallest absolute Gasteiger partial charge is 0.136 e. The summed E-state index contributed by atoms with van der Waals surface area (Å²) in [5.41, 5.74) is 5.72. The molecule has 15 heavy (non-hydrogen) atoms. The lowest BCUT2D eigenvalue weighted by Crippen LogP contribution is -2.29. The zero-order chi connectivity index (χ0) is 10.7. The van der Waals surface area contributed by atoms with Crippen molar-refractivity contribution in [2.75, 3.05) is 13.1 Å². The molecule has 0 aliphatic heterocycles. The largest absolute Gasteiger partial charge is 0.466 e. The summed E-state index contributed by atoms with van der Waals surface area (Å²) in [5, 5.41) is 3.44. The van der Waals surface area contributed by atoms with Crippen LogP contribution < -0.4 is 11.1 Å². The van der Waals surface area contributed by atoms with Crippen LogP contribution in [0.4, 0.5) is 0 Å². The zero-order valence-corrected chi connectivity index (χ0v) is 10.3. The van der Waals surface area contributed by atoms with Crippen LogP contribution in [0, 0.1) is 5.92 Å². The lowest BCUT2D eigenvalue weighted by atomic mass is 10.2. The molecule has 1 aliphatic carbocycles. The number of nitrogens with two attached hydrogens (primary N) is 1. The van der Waals surface area contributed by atoms with E-state index in [1.807, 2.05) is 6.07 Å². The van der Waals surface area contributed by atoms with Crippen LogP contribution in [0.25, 0.3) is 0 Å². The van der Waals surface area contributed by atoms with Gasteiger partial charge in [-0.3, -0.25) is 0 Å². The number of nitrogens with one attached hydrogen (secondary N) is 1. The van der Waals surface area contributed by atoms with E-state index in [1.165, 1.54) is 19.3 Å². The maximum atomic E-state index is 5.72. The maximum absolute atomic E-state index is 5.72. The van der Waals surface area contributed by atoms with Gasteiger partial charge in [-0.05, 0) is 40.9 Å². The van der Waals surface area contributed by atoms with Crippen LogP contribution in [0.5, 0.6) is 0 Å². The van der Waals surface area contributed by atoms with Crippen LogP contribution in [-0.2, 0) is 0 Å². The number of halogens is 1. The summed E-state index contributed by atoms with van der Waals surface area (Å²) in [5.74, 6) is 1.87. The second-order valence-corrected chi connectivity index (χ2v) is 4.96. The Morgan fingerprint density at radius 1 is 1.60 bits per heavy atom. The molecule has 2 rings (SSSR count). The highest BCUT2D eigenvalue weighted by Gasteiger charge is 2.22. The van der Waals surface area contributed by atoms with Crippen molar-refractivity contribution in [1.82, 2.24) is 5.32 Å². The van der Waals surface area contributed by atoms with Gasteiger partial charge < -0.3 is 15.5 Å². The first-order valence-corrected chi connectivity index (χ1v) is 6.27. The molecule has 4 heteroatoms. The molecule has 1 aromatic heterocycles. The summed E-state index contributed by atoms with van der Waals surface area (Å²) in [6.07, 6.45) is 5.75. The number of furan rings is 1. The van der Waals surface area contributed by atoms with Crippen molar-refractivity contribution in [1.29, 1.82) is 0 Å². The highest BCUT2D eigenvalue weighted by Crippen LogP contribution is 2.32. The minimum Gasteiger partial charge on any atom is -0.466 e. The van der Waals surface area contributed by atoms with Gasteiger partial charge in [-0.25, -0.2) is 0 Å². The normalized spacial score (nSPS) is 18.0. The van der Waals surface area contributed by atoms with E-state index in [1.54, 1.807) is 6.26 Å². The fraction of sp³-hybridized carbons (Fsp3) is 0.636. The van der Waals surface area contributed by atoms with Gasteiger partial charge in [0.25, 0.3) is 0 Å².